The van der Waals surface area contributed by atoms with Crippen LogP contribution in [0, 0.1) is 23.2 Å². The zero-order chi connectivity index (χ0) is 10.5. The molecule has 0 saturated heterocycles. The lowest BCUT2D eigenvalue weighted by Crippen LogP contribution is -2.28. The van der Waals surface area contributed by atoms with Crippen LogP contribution in [-0.2, 0) is 4.79 Å². The summed E-state index contributed by atoms with van der Waals surface area (Å²) >= 11 is 0. The van der Waals surface area contributed by atoms with Crippen LogP contribution in [0.3, 0.4) is 0 Å². The summed E-state index contributed by atoms with van der Waals surface area (Å²) in [5.41, 5.74) is 1.87. The van der Waals surface area contributed by atoms with Crippen molar-refractivity contribution < 1.29 is 4.79 Å². The van der Waals surface area contributed by atoms with E-state index in [0.29, 0.717) is 23.5 Å². The van der Waals surface area contributed by atoms with Gasteiger partial charge >= 0.3 is 0 Å². The van der Waals surface area contributed by atoms with Crippen LogP contribution in [0.15, 0.2) is 11.6 Å². The van der Waals surface area contributed by atoms with Gasteiger partial charge < -0.3 is 0 Å². The summed E-state index contributed by atoms with van der Waals surface area (Å²) in [7, 11) is 0. The fourth-order valence-corrected chi connectivity index (χ4v) is 3.25. The highest BCUT2D eigenvalue weighted by molar-refractivity contribution is 5.78. The highest BCUT2D eigenvalue weighted by atomic mass is 16.1. The van der Waals surface area contributed by atoms with Gasteiger partial charge in [-0.2, -0.15) is 0 Å². The first-order chi connectivity index (χ1) is 6.43. The molecule has 3 unspecified atom stereocenters. The van der Waals surface area contributed by atoms with E-state index in [1.54, 1.807) is 6.92 Å². The molecular weight excluding hydrogens is 172 g/mol. The van der Waals surface area contributed by atoms with Gasteiger partial charge in [-0.1, -0.05) is 32.4 Å². The average molecular weight is 192 g/mol. The Balaban J connectivity index is 2.21. The van der Waals surface area contributed by atoms with Gasteiger partial charge in [-0.3, -0.25) is 4.79 Å². The van der Waals surface area contributed by atoms with E-state index in [1.165, 1.54) is 12.0 Å². The van der Waals surface area contributed by atoms with E-state index in [1.807, 2.05) is 0 Å². The van der Waals surface area contributed by atoms with Gasteiger partial charge in [0.25, 0.3) is 0 Å². The predicted octanol–water partition coefficient (Wildman–Crippen LogP) is 3.20. The van der Waals surface area contributed by atoms with Crippen molar-refractivity contribution in [2.24, 2.45) is 23.2 Å². The highest BCUT2D eigenvalue weighted by Crippen LogP contribution is 2.58. The Labute approximate surface area is 86.6 Å². The summed E-state index contributed by atoms with van der Waals surface area (Å²) in [6.45, 7) is 8.77. The second-order valence-electron chi connectivity index (χ2n) is 5.68. The third-order valence-electron chi connectivity index (χ3n) is 4.59. The quantitative estimate of drug-likeness (QED) is 0.614. The van der Waals surface area contributed by atoms with Crippen molar-refractivity contribution >= 4 is 5.78 Å². The van der Waals surface area contributed by atoms with Crippen LogP contribution in [0.5, 0.6) is 0 Å². The molecule has 1 nitrogen and oxygen atoms in total. The summed E-state index contributed by atoms with van der Waals surface area (Å²) in [5, 5.41) is 0. The summed E-state index contributed by atoms with van der Waals surface area (Å²) in [6, 6.07) is 0. The van der Waals surface area contributed by atoms with Crippen LogP contribution < -0.4 is 0 Å². The number of fused-ring (bicyclic) bond motifs is 2. The highest BCUT2D eigenvalue weighted by Gasteiger charge is 2.50. The Hall–Kier alpha value is -0.590. The molecule has 1 heteroatoms. The van der Waals surface area contributed by atoms with Crippen LogP contribution in [0.1, 0.15) is 40.5 Å². The predicted molar refractivity (Wildman–Crippen MR) is 57.9 cm³/mol. The van der Waals surface area contributed by atoms with Crippen LogP contribution in [0.2, 0.25) is 0 Å². The van der Waals surface area contributed by atoms with E-state index < -0.39 is 0 Å². The normalized spacial score (nSPS) is 38.6. The molecule has 78 valence electrons. The first-order valence-electron chi connectivity index (χ1n) is 5.63. The maximum Gasteiger partial charge on any atom is 0.133 e. The maximum atomic E-state index is 11.1. The monoisotopic (exact) mass is 192 g/mol. The number of hydrogen-bond acceptors (Lipinski definition) is 1. The van der Waals surface area contributed by atoms with Crippen molar-refractivity contribution in [3.05, 3.63) is 11.6 Å². The fraction of sp³-hybridized carbons (Fsp3) is 0.769. The second-order valence-corrected chi connectivity index (χ2v) is 5.68. The lowest BCUT2D eigenvalue weighted by molar-refractivity contribution is -0.116. The molecule has 2 bridgehead atoms. The third-order valence-corrected chi connectivity index (χ3v) is 4.59. The summed E-state index contributed by atoms with van der Waals surface area (Å²) in [4.78, 5) is 11.1. The Morgan fingerprint density at radius 1 is 1.57 bits per heavy atom. The van der Waals surface area contributed by atoms with Crippen LogP contribution in [-0.4, -0.2) is 5.78 Å². The molecule has 2 aliphatic carbocycles. The van der Waals surface area contributed by atoms with Crippen molar-refractivity contribution in [3.8, 4) is 0 Å². The molecule has 0 N–H and O–H groups in total. The molecule has 0 aromatic carbocycles. The standard InChI is InChI=1S/C13H20O/c1-8(14)5-10-6-11-7-12(10)9(2)13(11,3)4/h6,9,11-12H,5,7H2,1-4H3. The summed E-state index contributed by atoms with van der Waals surface area (Å²) in [6.07, 6.45) is 4.37. The largest absolute Gasteiger partial charge is 0.300 e. The summed E-state index contributed by atoms with van der Waals surface area (Å²) < 4.78 is 0. The van der Waals surface area contributed by atoms with E-state index in [2.05, 4.69) is 26.8 Å². The molecule has 1 fully saturated rings. The lowest BCUT2D eigenvalue weighted by Gasteiger charge is -2.35. The molecule has 0 aliphatic heterocycles. The molecule has 1 saturated carbocycles. The van der Waals surface area contributed by atoms with Gasteiger partial charge in [0, 0.05) is 6.42 Å². The van der Waals surface area contributed by atoms with Crippen molar-refractivity contribution in [2.75, 3.05) is 0 Å². The molecular formula is C13H20O. The van der Waals surface area contributed by atoms with Crippen LogP contribution in [0.25, 0.3) is 0 Å². The van der Waals surface area contributed by atoms with Gasteiger partial charge in [0.15, 0.2) is 0 Å². The minimum absolute atomic E-state index is 0.314. The van der Waals surface area contributed by atoms with Gasteiger partial charge in [0.05, 0.1) is 0 Å². The van der Waals surface area contributed by atoms with Crippen molar-refractivity contribution in [1.82, 2.24) is 0 Å². The van der Waals surface area contributed by atoms with Crippen molar-refractivity contribution in [1.29, 1.82) is 0 Å². The summed E-state index contributed by atoms with van der Waals surface area (Å²) in [5.74, 6) is 2.47. The Morgan fingerprint density at radius 2 is 2.21 bits per heavy atom. The minimum atomic E-state index is 0.314. The maximum absolute atomic E-state index is 11.1. The number of allylic oxidation sites excluding steroid dienone is 2. The van der Waals surface area contributed by atoms with Crippen LogP contribution >= 0.6 is 0 Å². The number of carbonyl (C=O) groups is 1. The van der Waals surface area contributed by atoms with Crippen molar-refractivity contribution in [3.63, 3.8) is 0 Å². The molecule has 0 radical (unpaired) electrons. The van der Waals surface area contributed by atoms with Gasteiger partial charge in [0.1, 0.15) is 5.78 Å². The van der Waals surface area contributed by atoms with E-state index in [9.17, 15) is 4.79 Å². The molecule has 2 rings (SSSR count). The lowest BCUT2D eigenvalue weighted by atomic mass is 9.70. The molecule has 3 atom stereocenters. The number of Topliss-reactive ketones (excluding diaryl/α,β-unsaturated/α-hetero) is 1. The first-order valence-corrected chi connectivity index (χ1v) is 5.63. The van der Waals surface area contributed by atoms with E-state index in [0.717, 1.165) is 11.8 Å². The van der Waals surface area contributed by atoms with E-state index >= 15 is 0 Å². The molecule has 0 aromatic heterocycles. The molecule has 14 heavy (non-hydrogen) atoms. The zero-order valence-corrected chi connectivity index (χ0v) is 9.63. The molecule has 0 heterocycles. The Bertz CT molecular complexity index is 298. The number of rotatable bonds is 2. The zero-order valence-electron chi connectivity index (χ0n) is 9.63. The van der Waals surface area contributed by atoms with Gasteiger partial charge in [-0.15, -0.1) is 0 Å². The van der Waals surface area contributed by atoms with E-state index in [4.69, 9.17) is 0 Å². The van der Waals surface area contributed by atoms with Gasteiger partial charge in [0.2, 0.25) is 0 Å². The molecule has 0 aromatic rings. The Morgan fingerprint density at radius 3 is 2.64 bits per heavy atom. The van der Waals surface area contributed by atoms with Crippen molar-refractivity contribution in [2.45, 2.75) is 40.5 Å². The van der Waals surface area contributed by atoms with Gasteiger partial charge in [-0.25, -0.2) is 0 Å². The minimum Gasteiger partial charge on any atom is -0.300 e. The number of hydrogen-bond donors (Lipinski definition) is 0. The molecule has 0 spiro atoms. The number of carbonyl (C=O) groups excluding carboxylic acids is 1. The first kappa shape index (κ1) is 9.95. The van der Waals surface area contributed by atoms with Gasteiger partial charge in [-0.05, 0) is 36.5 Å². The average Bonchev–Trinajstić information content (AvgIpc) is 2.52. The van der Waals surface area contributed by atoms with E-state index in [-0.39, 0.29) is 0 Å². The smallest absolute Gasteiger partial charge is 0.133 e. The van der Waals surface area contributed by atoms with Crippen LogP contribution in [0.4, 0.5) is 0 Å². The fourth-order valence-electron chi connectivity index (χ4n) is 3.25. The topological polar surface area (TPSA) is 17.1 Å². The molecule has 2 aliphatic rings. The SMILES string of the molecule is CC(=O)CC1=CC2CC1C(C)C2(C)C. The number of ketones is 1. The Kier molecular flexibility index (Phi) is 2.09. The second kappa shape index (κ2) is 2.95. The molecule has 0 amide bonds. The third kappa shape index (κ3) is 1.25.